The van der Waals surface area contributed by atoms with Crippen molar-refractivity contribution in [2.45, 2.75) is 10.9 Å². The number of carbonyl (C=O) groups is 2. The van der Waals surface area contributed by atoms with Gasteiger partial charge in [-0.1, -0.05) is 12.1 Å². The van der Waals surface area contributed by atoms with Gasteiger partial charge in [0, 0.05) is 19.7 Å². The predicted octanol–water partition coefficient (Wildman–Crippen LogP) is 0.642. The number of likely N-dealkylation sites (tertiary alicyclic amines) is 1. The van der Waals surface area contributed by atoms with E-state index in [0.29, 0.717) is 12.1 Å². The minimum Gasteiger partial charge on any atom is -0.507 e. The van der Waals surface area contributed by atoms with Crippen molar-refractivity contribution in [1.82, 2.24) is 9.21 Å². The molecule has 33 heavy (non-hydrogen) atoms. The third-order valence-electron chi connectivity index (χ3n) is 5.48. The standard InChI is InChI=1S/C23H26FN3O5S/c1-25(2)13-14-27-20(15-5-9-17(24)10-6-15)19(22(29)23(27)30)21(28)16-7-11-18(12-8-16)33(31,32)26(3)4/h5-12,20,28H,13-14H2,1-4H3/p+1. The lowest BCUT2D eigenvalue weighted by Crippen LogP contribution is -3.06. The molecule has 8 nitrogen and oxygen atoms in total. The third kappa shape index (κ3) is 4.82. The lowest BCUT2D eigenvalue weighted by atomic mass is 9.95. The highest BCUT2D eigenvalue weighted by Crippen LogP contribution is 2.39. The first-order valence-corrected chi connectivity index (χ1v) is 11.7. The highest BCUT2D eigenvalue weighted by molar-refractivity contribution is 7.89. The summed E-state index contributed by atoms with van der Waals surface area (Å²) in [6.45, 7) is 0.813. The summed E-state index contributed by atoms with van der Waals surface area (Å²) in [5.41, 5.74) is 0.553. The van der Waals surface area contributed by atoms with Crippen LogP contribution in [0.2, 0.25) is 0 Å². The van der Waals surface area contributed by atoms with E-state index in [1.807, 2.05) is 14.1 Å². The van der Waals surface area contributed by atoms with Crippen LogP contribution in [0.25, 0.3) is 5.76 Å². The number of ketones is 1. The Morgan fingerprint density at radius 3 is 2.15 bits per heavy atom. The number of hydrogen-bond acceptors (Lipinski definition) is 5. The minimum atomic E-state index is -3.67. The molecule has 1 unspecified atom stereocenters. The molecule has 10 heteroatoms. The fourth-order valence-corrected chi connectivity index (χ4v) is 4.50. The number of hydrogen-bond donors (Lipinski definition) is 2. The molecule has 176 valence electrons. The topological polar surface area (TPSA) is 99.4 Å². The van der Waals surface area contributed by atoms with Crippen LogP contribution in [0.15, 0.2) is 59.0 Å². The summed E-state index contributed by atoms with van der Waals surface area (Å²) in [5.74, 6) is -2.48. The summed E-state index contributed by atoms with van der Waals surface area (Å²) in [5, 5.41) is 11.0. The monoisotopic (exact) mass is 476 g/mol. The highest BCUT2D eigenvalue weighted by atomic mass is 32.2. The molecule has 1 fully saturated rings. The molecule has 0 saturated carbocycles. The Kier molecular flexibility index (Phi) is 7.01. The highest BCUT2D eigenvalue weighted by Gasteiger charge is 2.46. The second-order valence-corrected chi connectivity index (χ2v) is 10.5. The van der Waals surface area contributed by atoms with Gasteiger partial charge in [-0.3, -0.25) is 9.59 Å². The van der Waals surface area contributed by atoms with E-state index in [2.05, 4.69) is 0 Å². The minimum absolute atomic E-state index is 0.0218. The fraction of sp³-hybridized carbons (Fsp3) is 0.304. The SMILES string of the molecule is CN(C)S(=O)(=O)c1ccc(C(O)=C2C(=O)C(=O)N(CC[NH+](C)C)C2c2ccc(F)cc2)cc1. The van der Waals surface area contributed by atoms with E-state index in [1.54, 1.807) is 0 Å². The first kappa shape index (κ1) is 24.6. The van der Waals surface area contributed by atoms with Crippen molar-refractivity contribution in [2.75, 3.05) is 41.3 Å². The van der Waals surface area contributed by atoms with Gasteiger partial charge in [-0.05, 0) is 42.0 Å². The summed E-state index contributed by atoms with van der Waals surface area (Å²) < 4.78 is 39.2. The molecule has 1 aliphatic rings. The van der Waals surface area contributed by atoms with Crippen LogP contribution in [0.3, 0.4) is 0 Å². The molecule has 1 heterocycles. The van der Waals surface area contributed by atoms with Gasteiger partial charge in [0.15, 0.2) is 0 Å². The maximum absolute atomic E-state index is 13.5. The lowest BCUT2D eigenvalue weighted by Gasteiger charge is -2.25. The Balaban J connectivity index is 2.11. The molecule has 2 N–H and O–H groups in total. The summed E-state index contributed by atoms with van der Waals surface area (Å²) >= 11 is 0. The first-order chi connectivity index (χ1) is 15.4. The number of benzene rings is 2. The van der Waals surface area contributed by atoms with Crippen LogP contribution in [0, 0.1) is 5.82 Å². The molecule has 0 radical (unpaired) electrons. The first-order valence-electron chi connectivity index (χ1n) is 10.3. The van der Waals surface area contributed by atoms with Crippen LogP contribution in [-0.2, 0) is 19.6 Å². The van der Waals surface area contributed by atoms with Gasteiger partial charge < -0.3 is 14.9 Å². The summed E-state index contributed by atoms with van der Waals surface area (Å²) in [6, 6.07) is 9.92. The number of aliphatic hydroxyl groups excluding tert-OH is 1. The van der Waals surface area contributed by atoms with Crippen LogP contribution in [0.4, 0.5) is 4.39 Å². The number of nitrogens with one attached hydrogen (secondary N) is 1. The van der Waals surface area contributed by atoms with E-state index < -0.39 is 39.3 Å². The van der Waals surface area contributed by atoms with Gasteiger partial charge in [0.05, 0.1) is 43.7 Å². The molecule has 1 atom stereocenters. The number of Topliss-reactive ketones (excluding diaryl/α,β-unsaturated/α-hetero) is 1. The number of nitrogens with zero attached hydrogens (tertiary/aromatic N) is 2. The molecule has 1 saturated heterocycles. The molecular formula is C23H27FN3O5S+. The van der Waals surface area contributed by atoms with Gasteiger partial charge in [0.2, 0.25) is 10.0 Å². The van der Waals surface area contributed by atoms with E-state index in [-0.39, 0.29) is 22.6 Å². The van der Waals surface area contributed by atoms with Crippen molar-refractivity contribution in [3.63, 3.8) is 0 Å². The fourth-order valence-electron chi connectivity index (χ4n) is 3.60. The number of rotatable bonds is 7. The molecule has 1 aliphatic heterocycles. The Morgan fingerprint density at radius 1 is 1.06 bits per heavy atom. The van der Waals surface area contributed by atoms with Crippen molar-refractivity contribution >= 4 is 27.5 Å². The Labute approximate surface area is 192 Å². The number of sulfonamides is 1. The second kappa shape index (κ2) is 9.42. The maximum atomic E-state index is 13.5. The van der Waals surface area contributed by atoms with Crippen molar-refractivity contribution in [3.8, 4) is 0 Å². The van der Waals surface area contributed by atoms with Crippen molar-refractivity contribution in [2.24, 2.45) is 0 Å². The van der Waals surface area contributed by atoms with Gasteiger partial charge in [-0.25, -0.2) is 17.1 Å². The lowest BCUT2D eigenvalue weighted by molar-refractivity contribution is -0.857. The quantitative estimate of drug-likeness (QED) is 0.347. The summed E-state index contributed by atoms with van der Waals surface area (Å²) in [7, 11) is 2.96. The second-order valence-electron chi connectivity index (χ2n) is 8.31. The number of halogens is 1. The molecule has 0 aliphatic carbocycles. The molecular weight excluding hydrogens is 449 g/mol. The average Bonchev–Trinajstić information content (AvgIpc) is 3.02. The van der Waals surface area contributed by atoms with Gasteiger partial charge in [-0.15, -0.1) is 0 Å². The molecule has 0 bridgehead atoms. The number of likely N-dealkylation sites (N-methyl/N-ethyl adjacent to an activating group) is 1. The van der Waals surface area contributed by atoms with E-state index in [0.717, 1.165) is 9.21 Å². The van der Waals surface area contributed by atoms with E-state index >= 15 is 0 Å². The average molecular weight is 477 g/mol. The van der Waals surface area contributed by atoms with Crippen LogP contribution < -0.4 is 4.90 Å². The van der Waals surface area contributed by atoms with E-state index in [1.165, 1.54) is 67.5 Å². The molecule has 2 aromatic carbocycles. The maximum Gasteiger partial charge on any atom is 0.295 e. The molecule has 0 aromatic heterocycles. The van der Waals surface area contributed by atoms with Gasteiger partial charge in [0.25, 0.3) is 11.7 Å². The van der Waals surface area contributed by atoms with Crippen molar-refractivity contribution in [3.05, 3.63) is 71.0 Å². The number of carbonyl (C=O) groups excluding carboxylic acids is 2. The molecule has 3 rings (SSSR count). The Bertz CT molecular complexity index is 1190. The number of aliphatic hydroxyl groups is 1. The van der Waals surface area contributed by atoms with Crippen LogP contribution >= 0.6 is 0 Å². The van der Waals surface area contributed by atoms with Crippen LogP contribution in [-0.4, -0.2) is 75.7 Å². The Morgan fingerprint density at radius 2 is 1.64 bits per heavy atom. The van der Waals surface area contributed by atoms with Crippen LogP contribution in [0.5, 0.6) is 0 Å². The van der Waals surface area contributed by atoms with Crippen molar-refractivity contribution < 1.29 is 32.4 Å². The third-order valence-corrected chi connectivity index (χ3v) is 7.31. The normalized spacial score (nSPS) is 18.5. The van der Waals surface area contributed by atoms with Gasteiger partial charge in [-0.2, -0.15) is 0 Å². The van der Waals surface area contributed by atoms with Crippen molar-refractivity contribution in [1.29, 1.82) is 0 Å². The number of quaternary nitrogens is 1. The molecule has 0 spiro atoms. The zero-order valence-electron chi connectivity index (χ0n) is 18.9. The van der Waals surface area contributed by atoms with E-state index in [9.17, 15) is 27.5 Å². The Hall–Kier alpha value is -3.08. The zero-order chi connectivity index (χ0) is 24.5. The van der Waals surface area contributed by atoms with Crippen LogP contribution in [0.1, 0.15) is 17.2 Å². The largest absolute Gasteiger partial charge is 0.507 e. The number of amides is 1. The predicted molar refractivity (Wildman–Crippen MR) is 120 cm³/mol. The molecule has 2 aromatic rings. The molecule has 1 amide bonds. The zero-order valence-corrected chi connectivity index (χ0v) is 19.7. The smallest absolute Gasteiger partial charge is 0.295 e. The van der Waals surface area contributed by atoms with E-state index in [4.69, 9.17) is 0 Å². The summed E-state index contributed by atoms with van der Waals surface area (Å²) in [6.07, 6.45) is 0. The van der Waals surface area contributed by atoms with Gasteiger partial charge >= 0.3 is 0 Å². The van der Waals surface area contributed by atoms with Gasteiger partial charge in [0.1, 0.15) is 11.6 Å². The summed E-state index contributed by atoms with van der Waals surface area (Å²) in [4.78, 5) is 28.2.